The minimum Gasteiger partial charge on any atom is -0.358 e. The number of para-hydroxylation sites is 2. The summed E-state index contributed by atoms with van der Waals surface area (Å²) in [4.78, 5) is 19.1. The van der Waals surface area contributed by atoms with Crippen LogP contribution >= 0.6 is 0 Å². The number of benzene rings is 2. The molecule has 21 heavy (non-hydrogen) atoms. The summed E-state index contributed by atoms with van der Waals surface area (Å²) in [5.41, 5.74) is 1.61. The van der Waals surface area contributed by atoms with Gasteiger partial charge in [-0.15, -0.1) is 0 Å². The summed E-state index contributed by atoms with van der Waals surface area (Å²) in [6.45, 7) is 0. The van der Waals surface area contributed by atoms with E-state index in [1.54, 1.807) is 4.90 Å². The number of anilines is 3. The molecule has 6 nitrogen and oxygen atoms in total. The van der Waals surface area contributed by atoms with Gasteiger partial charge in [-0.25, -0.2) is 4.98 Å². The first kappa shape index (κ1) is 12.9. The smallest absolute Gasteiger partial charge is 0.358 e. The third-order valence-corrected chi connectivity index (χ3v) is 3.02. The number of nitro groups is 1. The molecule has 0 saturated carbocycles. The van der Waals surface area contributed by atoms with Crippen molar-refractivity contribution in [3.05, 3.63) is 77.1 Å². The van der Waals surface area contributed by atoms with Crippen molar-refractivity contribution in [2.75, 3.05) is 4.90 Å². The Hall–Kier alpha value is -3.15. The molecule has 1 aromatic heterocycles. The Kier molecular flexibility index (Phi) is 3.34. The Labute approximate surface area is 120 Å². The first-order chi connectivity index (χ1) is 10.3. The van der Waals surface area contributed by atoms with Crippen molar-refractivity contribution in [3.63, 3.8) is 0 Å². The number of H-pyrrole nitrogens is 1. The van der Waals surface area contributed by atoms with Crippen molar-refractivity contribution in [2.24, 2.45) is 0 Å². The molecule has 2 aromatic carbocycles. The van der Waals surface area contributed by atoms with Gasteiger partial charge in [0.1, 0.15) is 0 Å². The molecule has 0 spiro atoms. The normalized spacial score (nSPS) is 10.3. The van der Waals surface area contributed by atoms with Crippen LogP contribution in [0.15, 0.2) is 67.0 Å². The van der Waals surface area contributed by atoms with E-state index in [4.69, 9.17) is 0 Å². The number of hydrogen-bond donors (Lipinski definition) is 1. The van der Waals surface area contributed by atoms with Crippen molar-refractivity contribution in [3.8, 4) is 0 Å². The van der Waals surface area contributed by atoms with Gasteiger partial charge in [0, 0.05) is 11.4 Å². The Morgan fingerprint density at radius 2 is 1.48 bits per heavy atom. The van der Waals surface area contributed by atoms with E-state index in [0.717, 1.165) is 11.4 Å². The summed E-state index contributed by atoms with van der Waals surface area (Å²) >= 11 is 0. The van der Waals surface area contributed by atoms with Gasteiger partial charge in [-0.05, 0) is 29.2 Å². The van der Waals surface area contributed by atoms with E-state index >= 15 is 0 Å². The second-order valence-electron chi connectivity index (χ2n) is 4.34. The minimum absolute atomic E-state index is 0.136. The van der Waals surface area contributed by atoms with Crippen LogP contribution in [-0.4, -0.2) is 14.9 Å². The van der Waals surface area contributed by atoms with Crippen molar-refractivity contribution < 1.29 is 4.92 Å². The molecule has 3 aromatic rings. The lowest BCUT2D eigenvalue weighted by molar-refractivity contribution is -0.388. The van der Waals surface area contributed by atoms with E-state index in [1.807, 2.05) is 60.7 Å². The van der Waals surface area contributed by atoms with Crippen LogP contribution in [0.25, 0.3) is 0 Å². The summed E-state index contributed by atoms with van der Waals surface area (Å²) in [7, 11) is 0. The average molecular weight is 280 g/mol. The van der Waals surface area contributed by atoms with Gasteiger partial charge in [0.25, 0.3) is 0 Å². The van der Waals surface area contributed by atoms with Gasteiger partial charge < -0.3 is 10.1 Å². The highest BCUT2D eigenvalue weighted by atomic mass is 16.6. The second kappa shape index (κ2) is 5.46. The second-order valence-corrected chi connectivity index (χ2v) is 4.34. The number of nitrogens with one attached hydrogen (secondary N) is 1. The topological polar surface area (TPSA) is 75.1 Å². The predicted octanol–water partition coefficient (Wildman–Crippen LogP) is 3.79. The highest BCUT2D eigenvalue weighted by Crippen LogP contribution is 2.36. The van der Waals surface area contributed by atoms with Gasteiger partial charge in [0.15, 0.2) is 6.33 Å². The fourth-order valence-corrected chi connectivity index (χ4v) is 2.13. The number of imidazole rings is 1. The molecule has 0 saturated heterocycles. The molecule has 0 aliphatic heterocycles. The van der Waals surface area contributed by atoms with Crippen molar-refractivity contribution in [1.82, 2.24) is 9.97 Å². The zero-order chi connectivity index (χ0) is 14.7. The quantitative estimate of drug-likeness (QED) is 0.582. The maximum absolute atomic E-state index is 11.2. The van der Waals surface area contributed by atoms with Crippen LogP contribution in [0.3, 0.4) is 0 Å². The van der Waals surface area contributed by atoms with Gasteiger partial charge in [-0.1, -0.05) is 36.4 Å². The Bertz CT molecular complexity index is 701. The lowest BCUT2D eigenvalue weighted by Crippen LogP contribution is -2.11. The van der Waals surface area contributed by atoms with Crippen LogP contribution in [-0.2, 0) is 0 Å². The summed E-state index contributed by atoms with van der Waals surface area (Å²) in [5.74, 6) is 0.125. The van der Waals surface area contributed by atoms with Crippen LogP contribution in [0.4, 0.5) is 23.0 Å². The van der Waals surface area contributed by atoms with Gasteiger partial charge in [-0.2, -0.15) is 4.98 Å². The fraction of sp³-hybridized carbons (Fsp3) is 0. The van der Waals surface area contributed by atoms with E-state index < -0.39 is 4.92 Å². The van der Waals surface area contributed by atoms with E-state index in [-0.39, 0.29) is 11.6 Å². The Morgan fingerprint density at radius 1 is 0.952 bits per heavy atom. The highest BCUT2D eigenvalue weighted by molar-refractivity contribution is 5.77. The molecular formula is C15H12N4O2. The lowest BCUT2D eigenvalue weighted by Gasteiger charge is -2.22. The van der Waals surface area contributed by atoms with Crippen LogP contribution in [0.2, 0.25) is 0 Å². The molecule has 3 rings (SSSR count). The Balaban J connectivity index is 2.18. The SMILES string of the molecule is O=[N+]([O-])c1[nH]cnc1N(c1ccccc1)c1ccccc1. The van der Waals surface area contributed by atoms with Crippen LogP contribution < -0.4 is 4.90 Å². The largest absolute Gasteiger partial charge is 0.365 e. The maximum atomic E-state index is 11.2. The monoisotopic (exact) mass is 280 g/mol. The average Bonchev–Trinajstić information content (AvgIpc) is 2.99. The number of rotatable bonds is 4. The van der Waals surface area contributed by atoms with Gasteiger partial charge >= 0.3 is 5.82 Å². The van der Waals surface area contributed by atoms with Gasteiger partial charge in [0.05, 0.1) is 0 Å². The van der Waals surface area contributed by atoms with Crippen molar-refractivity contribution >= 4 is 23.0 Å². The van der Waals surface area contributed by atoms with E-state index in [9.17, 15) is 10.1 Å². The number of nitrogens with zero attached hydrogens (tertiary/aromatic N) is 3. The molecule has 0 bridgehead atoms. The molecule has 104 valence electrons. The summed E-state index contributed by atoms with van der Waals surface area (Å²) in [6.07, 6.45) is 1.33. The van der Waals surface area contributed by atoms with Crippen LogP contribution in [0.1, 0.15) is 0 Å². The molecule has 1 N–H and O–H groups in total. The molecule has 0 unspecified atom stereocenters. The summed E-state index contributed by atoms with van der Waals surface area (Å²) in [5, 5.41) is 11.2. The summed E-state index contributed by atoms with van der Waals surface area (Å²) in [6, 6.07) is 18.8. The van der Waals surface area contributed by atoms with E-state index in [1.165, 1.54) is 6.33 Å². The predicted molar refractivity (Wildman–Crippen MR) is 79.9 cm³/mol. The first-order valence-corrected chi connectivity index (χ1v) is 6.35. The molecule has 0 atom stereocenters. The van der Waals surface area contributed by atoms with Crippen molar-refractivity contribution in [2.45, 2.75) is 0 Å². The number of hydrogen-bond acceptors (Lipinski definition) is 4. The maximum Gasteiger partial charge on any atom is 0.365 e. The molecule has 0 amide bonds. The minimum atomic E-state index is -0.471. The van der Waals surface area contributed by atoms with Gasteiger partial charge in [0.2, 0.25) is 5.82 Å². The van der Waals surface area contributed by atoms with Gasteiger partial charge in [-0.3, -0.25) is 4.90 Å². The molecule has 1 heterocycles. The summed E-state index contributed by atoms with van der Waals surface area (Å²) < 4.78 is 0. The lowest BCUT2D eigenvalue weighted by atomic mass is 10.2. The van der Waals surface area contributed by atoms with Crippen LogP contribution in [0, 0.1) is 10.1 Å². The Morgan fingerprint density at radius 3 is 1.95 bits per heavy atom. The highest BCUT2D eigenvalue weighted by Gasteiger charge is 2.24. The molecule has 6 heteroatoms. The molecule has 0 radical (unpaired) electrons. The fourth-order valence-electron chi connectivity index (χ4n) is 2.13. The van der Waals surface area contributed by atoms with Crippen molar-refractivity contribution in [1.29, 1.82) is 0 Å². The third-order valence-electron chi connectivity index (χ3n) is 3.02. The zero-order valence-corrected chi connectivity index (χ0v) is 11.0. The molecule has 0 aliphatic carbocycles. The van der Waals surface area contributed by atoms with Crippen LogP contribution in [0.5, 0.6) is 0 Å². The molecule has 0 aliphatic rings. The number of aromatic nitrogens is 2. The van der Waals surface area contributed by atoms with E-state index in [0.29, 0.717) is 0 Å². The standard InChI is InChI=1S/C15H12N4O2/c20-19(21)15-14(16-11-17-15)18(12-7-3-1-4-8-12)13-9-5-2-6-10-13/h1-11H,(H,16,17). The first-order valence-electron chi connectivity index (χ1n) is 6.35. The zero-order valence-electron chi connectivity index (χ0n) is 11.0. The number of aromatic amines is 1. The molecular weight excluding hydrogens is 268 g/mol. The van der Waals surface area contributed by atoms with E-state index in [2.05, 4.69) is 9.97 Å². The molecule has 0 fully saturated rings. The third kappa shape index (κ3) is 2.46.